The fourth-order valence-corrected chi connectivity index (χ4v) is 2.09. The van der Waals surface area contributed by atoms with Crippen molar-refractivity contribution in [3.63, 3.8) is 0 Å². The Balaban J connectivity index is 2.28. The maximum atomic E-state index is 12.8. The summed E-state index contributed by atoms with van der Waals surface area (Å²) in [6.45, 7) is 7.50. The molecule has 5 heteroatoms. The van der Waals surface area contributed by atoms with Crippen LogP contribution in [0.15, 0.2) is 48.7 Å². The van der Waals surface area contributed by atoms with Gasteiger partial charge < -0.3 is 0 Å². The molecule has 0 aliphatic carbocycles. The molecule has 1 N–H and O–H groups in total. The zero-order valence-corrected chi connectivity index (χ0v) is 13.8. The number of rotatable bonds is 2. The van der Waals surface area contributed by atoms with Crippen LogP contribution < -0.4 is 5.43 Å². The number of nitrogens with zero attached hydrogens (tertiary/aromatic N) is 2. The van der Waals surface area contributed by atoms with Gasteiger partial charge >= 0.3 is 0 Å². The third-order valence-corrected chi connectivity index (χ3v) is 3.25. The smallest absolute Gasteiger partial charge is 0.267 e. The molecule has 0 unspecified atom stereocenters. The molecule has 0 fully saturated rings. The fourth-order valence-electron chi connectivity index (χ4n) is 2.09. The van der Waals surface area contributed by atoms with Gasteiger partial charge in [-0.3, -0.25) is 20.0 Å². The highest BCUT2D eigenvalue weighted by Gasteiger charge is 2.29. The summed E-state index contributed by atoms with van der Waals surface area (Å²) in [7, 11) is 0. The molecule has 0 bridgehead atoms. The number of benzene rings is 1. The van der Waals surface area contributed by atoms with Crippen molar-refractivity contribution in [2.45, 2.75) is 33.2 Å². The first kappa shape index (κ1) is 16.7. The molecule has 1 aromatic heterocycles. The van der Waals surface area contributed by atoms with E-state index in [1.54, 1.807) is 36.5 Å². The van der Waals surface area contributed by atoms with E-state index in [1.165, 1.54) is 5.01 Å². The number of carbonyl (C=O) groups excluding carboxylic acids is 2. The Bertz CT molecular complexity index is 706. The van der Waals surface area contributed by atoms with E-state index in [1.807, 2.05) is 39.8 Å². The SMILES string of the molecule is Cc1cccc(C(=O)N(NC(=O)c2ccccn2)C(C)(C)C)c1. The Morgan fingerprint density at radius 1 is 1.09 bits per heavy atom. The number of hydrazine groups is 1. The van der Waals surface area contributed by atoms with E-state index in [0.29, 0.717) is 5.56 Å². The largest absolute Gasteiger partial charge is 0.288 e. The molecule has 0 aliphatic heterocycles. The Morgan fingerprint density at radius 3 is 2.39 bits per heavy atom. The molecule has 0 atom stereocenters. The van der Waals surface area contributed by atoms with Crippen LogP contribution in [-0.2, 0) is 0 Å². The second-order valence-electron chi connectivity index (χ2n) is 6.34. The van der Waals surface area contributed by atoms with Crippen LogP contribution in [0.25, 0.3) is 0 Å². The average molecular weight is 311 g/mol. The van der Waals surface area contributed by atoms with Crippen LogP contribution in [0, 0.1) is 6.92 Å². The lowest BCUT2D eigenvalue weighted by molar-refractivity contribution is 0.0356. The van der Waals surface area contributed by atoms with Crippen molar-refractivity contribution in [1.82, 2.24) is 15.4 Å². The lowest BCUT2D eigenvalue weighted by Crippen LogP contribution is -2.56. The van der Waals surface area contributed by atoms with Gasteiger partial charge in [0.2, 0.25) is 0 Å². The molecular formula is C18H21N3O2. The molecular weight excluding hydrogens is 290 g/mol. The Kier molecular flexibility index (Phi) is 4.79. The molecule has 0 saturated carbocycles. The lowest BCUT2D eigenvalue weighted by Gasteiger charge is -2.35. The average Bonchev–Trinajstić information content (AvgIpc) is 2.51. The summed E-state index contributed by atoms with van der Waals surface area (Å²) in [6.07, 6.45) is 1.54. The van der Waals surface area contributed by atoms with Crippen molar-refractivity contribution in [1.29, 1.82) is 0 Å². The second-order valence-corrected chi connectivity index (χ2v) is 6.34. The van der Waals surface area contributed by atoms with Crippen LogP contribution >= 0.6 is 0 Å². The Hall–Kier alpha value is -2.69. The van der Waals surface area contributed by atoms with E-state index in [-0.39, 0.29) is 11.6 Å². The monoisotopic (exact) mass is 311 g/mol. The number of carbonyl (C=O) groups is 2. The fraction of sp³-hybridized carbons (Fsp3) is 0.278. The number of hydrogen-bond donors (Lipinski definition) is 1. The summed E-state index contributed by atoms with van der Waals surface area (Å²) in [6, 6.07) is 12.3. The highest BCUT2D eigenvalue weighted by molar-refractivity contribution is 5.98. The first-order valence-electron chi connectivity index (χ1n) is 7.42. The Morgan fingerprint density at radius 2 is 1.83 bits per heavy atom. The van der Waals surface area contributed by atoms with Crippen molar-refractivity contribution in [3.05, 3.63) is 65.5 Å². The highest BCUT2D eigenvalue weighted by atomic mass is 16.2. The summed E-state index contributed by atoms with van der Waals surface area (Å²) < 4.78 is 0. The van der Waals surface area contributed by atoms with Gasteiger partial charge in [-0.15, -0.1) is 0 Å². The normalized spacial score (nSPS) is 11.0. The quantitative estimate of drug-likeness (QED) is 0.867. The van der Waals surface area contributed by atoms with Gasteiger partial charge in [0.1, 0.15) is 5.69 Å². The highest BCUT2D eigenvalue weighted by Crippen LogP contribution is 2.16. The molecule has 2 aromatic rings. The lowest BCUT2D eigenvalue weighted by atomic mass is 10.1. The van der Waals surface area contributed by atoms with Crippen LogP contribution in [-0.4, -0.2) is 27.3 Å². The van der Waals surface area contributed by atoms with Gasteiger partial charge in [0, 0.05) is 11.8 Å². The molecule has 2 rings (SSSR count). The van der Waals surface area contributed by atoms with Crippen molar-refractivity contribution < 1.29 is 9.59 Å². The van der Waals surface area contributed by atoms with E-state index < -0.39 is 11.4 Å². The van der Waals surface area contributed by atoms with Crippen LogP contribution in [0.1, 0.15) is 47.2 Å². The van der Waals surface area contributed by atoms with Gasteiger partial charge in [-0.05, 0) is 52.0 Å². The molecule has 0 aliphatic rings. The zero-order valence-electron chi connectivity index (χ0n) is 13.8. The summed E-state index contributed by atoms with van der Waals surface area (Å²) in [5, 5.41) is 1.35. The maximum Gasteiger partial charge on any atom is 0.288 e. The van der Waals surface area contributed by atoms with Crippen molar-refractivity contribution in [3.8, 4) is 0 Å². The molecule has 1 heterocycles. The second kappa shape index (κ2) is 6.60. The van der Waals surface area contributed by atoms with E-state index >= 15 is 0 Å². The van der Waals surface area contributed by atoms with Gasteiger partial charge in [-0.2, -0.15) is 0 Å². The maximum absolute atomic E-state index is 12.8. The summed E-state index contributed by atoms with van der Waals surface area (Å²) in [5.41, 5.74) is 3.87. The van der Waals surface area contributed by atoms with Crippen molar-refractivity contribution in [2.75, 3.05) is 0 Å². The van der Waals surface area contributed by atoms with Crippen molar-refractivity contribution >= 4 is 11.8 Å². The summed E-state index contributed by atoms with van der Waals surface area (Å²) in [4.78, 5) is 29.1. The van der Waals surface area contributed by atoms with Crippen molar-refractivity contribution in [2.24, 2.45) is 0 Å². The molecule has 1 aromatic carbocycles. The third-order valence-electron chi connectivity index (χ3n) is 3.25. The number of nitrogens with one attached hydrogen (secondary N) is 1. The first-order valence-corrected chi connectivity index (χ1v) is 7.42. The van der Waals surface area contributed by atoms with Crippen LogP contribution in [0.3, 0.4) is 0 Å². The topological polar surface area (TPSA) is 62.3 Å². The molecule has 5 nitrogen and oxygen atoms in total. The Labute approximate surface area is 136 Å². The number of amides is 2. The first-order chi connectivity index (χ1) is 10.8. The minimum Gasteiger partial charge on any atom is -0.267 e. The number of aryl methyl sites for hydroxylation is 1. The standard InChI is InChI=1S/C18H21N3O2/c1-13-8-7-9-14(12-13)17(23)21(18(2,3)4)20-16(22)15-10-5-6-11-19-15/h5-12H,1-4H3,(H,20,22). The van der Waals surface area contributed by atoms with Gasteiger partial charge in [-0.25, -0.2) is 5.01 Å². The zero-order chi connectivity index (χ0) is 17.0. The van der Waals surface area contributed by atoms with Gasteiger partial charge in [0.25, 0.3) is 11.8 Å². The summed E-state index contributed by atoms with van der Waals surface area (Å²) >= 11 is 0. The van der Waals surface area contributed by atoms with E-state index in [4.69, 9.17) is 0 Å². The van der Waals surface area contributed by atoms with Gasteiger partial charge in [0.05, 0.1) is 5.54 Å². The minimum atomic E-state index is -0.578. The number of hydrogen-bond acceptors (Lipinski definition) is 3. The predicted molar refractivity (Wildman–Crippen MR) is 88.8 cm³/mol. The van der Waals surface area contributed by atoms with Crippen LogP contribution in [0.2, 0.25) is 0 Å². The van der Waals surface area contributed by atoms with Gasteiger partial charge in [0.15, 0.2) is 0 Å². The van der Waals surface area contributed by atoms with Crippen LogP contribution in [0.4, 0.5) is 0 Å². The van der Waals surface area contributed by atoms with E-state index in [0.717, 1.165) is 5.56 Å². The molecule has 0 saturated heterocycles. The van der Waals surface area contributed by atoms with Crippen LogP contribution in [0.5, 0.6) is 0 Å². The third kappa shape index (κ3) is 4.16. The number of aromatic nitrogens is 1. The molecule has 23 heavy (non-hydrogen) atoms. The predicted octanol–water partition coefficient (Wildman–Crippen LogP) is 2.98. The van der Waals surface area contributed by atoms with Gasteiger partial charge in [-0.1, -0.05) is 23.8 Å². The molecule has 0 spiro atoms. The molecule has 0 radical (unpaired) electrons. The summed E-state index contributed by atoms with van der Waals surface area (Å²) in [5.74, 6) is -0.674. The molecule has 2 amide bonds. The minimum absolute atomic E-state index is 0.259. The molecule has 120 valence electrons. The van der Waals surface area contributed by atoms with E-state index in [9.17, 15) is 9.59 Å². The number of pyridine rings is 1. The van der Waals surface area contributed by atoms with E-state index in [2.05, 4.69) is 10.4 Å².